The van der Waals surface area contributed by atoms with E-state index in [4.69, 9.17) is 0 Å². The average Bonchev–Trinajstić information content (AvgIpc) is 2.75. The topological polar surface area (TPSA) is 102 Å². The molecule has 7 nitrogen and oxygen atoms in total. The van der Waals surface area contributed by atoms with Crippen LogP contribution in [-0.4, -0.2) is 14.8 Å². The summed E-state index contributed by atoms with van der Waals surface area (Å²) in [6.45, 7) is 0. The molecule has 2 aromatic carbocycles. The van der Waals surface area contributed by atoms with Gasteiger partial charge in [-0.25, -0.2) is 0 Å². The van der Waals surface area contributed by atoms with Gasteiger partial charge in [-0.2, -0.15) is 0 Å². The van der Waals surface area contributed by atoms with Gasteiger partial charge < -0.3 is 4.98 Å². The van der Waals surface area contributed by atoms with Crippen molar-refractivity contribution in [1.82, 2.24) is 4.98 Å². The molecule has 3 aromatic rings. The minimum absolute atomic E-state index is 0.273. The van der Waals surface area contributed by atoms with Crippen molar-refractivity contribution in [2.45, 2.75) is 0 Å². The normalized spacial score (nSPS) is 10.9. The van der Waals surface area contributed by atoms with E-state index in [-0.39, 0.29) is 5.39 Å². The number of aromatic nitrogens is 1. The van der Waals surface area contributed by atoms with Crippen molar-refractivity contribution < 1.29 is 9.85 Å². The monoisotopic (exact) mass is 257 g/mol. The first-order chi connectivity index (χ1) is 9.09. The molecule has 0 amide bonds. The van der Waals surface area contributed by atoms with Gasteiger partial charge in [0.25, 0.3) is 0 Å². The second kappa shape index (κ2) is 3.77. The Balaban J connectivity index is 2.57. The summed E-state index contributed by atoms with van der Waals surface area (Å²) in [6, 6.07) is 9.63. The summed E-state index contributed by atoms with van der Waals surface area (Å²) in [5.74, 6) is 0. The number of nitrogens with zero attached hydrogens (tertiary/aromatic N) is 2. The third-order valence-electron chi connectivity index (χ3n) is 3.00. The highest BCUT2D eigenvalue weighted by atomic mass is 16.6. The van der Waals surface area contributed by atoms with E-state index in [9.17, 15) is 20.2 Å². The van der Waals surface area contributed by atoms with Crippen LogP contribution in [0.15, 0.2) is 36.4 Å². The number of H-pyrrole nitrogens is 1. The summed E-state index contributed by atoms with van der Waals surface area (Å²) in [5.41, 5.74) is 0.252. The molecule has 0 aliphatic rings. The predicted molar refractivity (Wildman–Crippen MR) is 69.1 cm³/mol. The van der Waals surface area contributed by atoms with Crippen molar-refractivity contribution in [3.63, 3.8) is 0 Å². The molecular formula is C12H7N3O4. The predicted octanol–water partition coefficient (Wildman–Crippen LogP) is 3.14. The lowest BCUT2D eigenvalue weighted by molar-refractivity contribution is -0.421. The first-order valence-electron chi connectivity index (χ1n) is 5.42. The molecule has 0 bridgehead atoms. The molecular weight excluding hydrogens is 250 g/mol. The van der Waals surface area contributed by atoms with Crippen LogP contribution in [0.3, 0.4) is 0 Å². The van der Waals surface area contributed by atoms with Crippen LogP contribution in [0.4, 0.5) is 11.4 Å². The molecule has 1 heterocycles. The van der Waals surface area contributed by atoms with Crippen molar-refractivity contribution in [1.29, 1.82) is 0 Å². The number of aromatic amines is 1. The van der Waals surface area contributed by atoms with Gasteiger partial charge in [-0.1, -0.05) is 18.2 Å². The number of benzene rings is 2. The Kier molecular flexibility index (Phi) is 2.21. The van der Waals surface area contributed by atoms with Gasteiger partial charge in [0.2, 0.25) is 0 Å². The number of rotatable bonds is 2. The number of hydrogen-bond acceptors (Lipinski definition) is 4. The highest BCUT2D eigenvalue weighted by Gasteiger charge is 2.29. The number of fused-ring (bicyclic) bond motifs is 3. The number of nitro benzene ring substituents is 2. The van der Waals surface area contributed by atoms with Crippen LogP contribution in [0.25, 0.3) is 21.8 Å². The zero-order chi connectivity index (χ0) is 13.6. The van der Waals surface area contributed by atoms with Crippen molar-refractivity contribution in [3.8, 4) is 0 Å². The molecule has 0 aliphatic carbocycles. The lowest BCUT2D eigenvalue weighted by Gasteiger charge is -1.97. The van der Waals surface area contributed by atoms with Crippen LogP contribution in [0.1, 0.15) is 0 Å². The Morgan fingerprint density at radius 2 is 1.63 bits per heavy atom. The Labute approximate surface area is 105 Å². The average molecular weight is 257 g/mol. The molecule has 3 rings (SSSR count). The van der Waals surface area contributed by atoms with E-state index in [2.05, 4.69) is 4.98 Å². The van der Waals surface area contributed by atoms with Crippen molar-refractivity contribution in [2.24, 2.45) is 0 Å². The van der Waals surface area contributed by atoms with Crippen molar-refractivity contribution in [3.05, 3.63) is 56.6 Å². The highest BCUT2D eigenvalue weighted by Crippen LogP contribution is 2.38. The Morgan fingerprint density at radius 3 is 2.32 bits per heavy atom. The molecule has 19 heavy (non-hydrogen) atoms. The first-order valence-corrected chi connectivity index (χ1v) is 5.42. The van der Waals surface area contributed by atoms with Crippen molar-refractivity contribution >= 4 is 33.2 Å². The van der Waals surface area contributed by atoms with E-state index >= 15 is 0 Å². The molecule has 0 spiro atoms. The molecule has 0 radical (unpaired) electrons. The smallest absolute Gasteiger partial charge is 0.354 e. The summed E-state index contributed by atoms with van der Waals surface area (Å²) >= 11 is 0. The summed E-state index contributed by atoms with van der Waals surface area (Å²) in [7, 11) is 0. The third-order valence-corrected chi connectivity index (χ3v) is 3.00. The van der Waals surface area contributed by atoms with E-state index in [0.717, 1.165) is 6.07 Å². The Bertz CT molecular complexity index is 837. The van der Waals surface area contributed by atoms with E-state index < -0.39 is 21.2 Å². The van der Waals surface area contributed by atoms with Crippen molar-refractivity contribution in [2.75, 3.05) is 0 Å². The summed E-state index contributed by atoms with van der Waals surface area (Å²) < 4.78 is 0. The standard InChI is InChI=1S/C12H7N3O4/c16-14(17)10-6-5-9-11(12(10)15(18)19)7-3-1-2-4-8(7)13-9/h1-6,13H. The minimum Gasteiger partial charge on any atom is -0.354 e. The maximum absolute atomic E-state index is 11.2. The largest absolute Gasteiger partial charge is 0.355 e. The van der Waals surface area contributed by atoms with E-state index in [1.807, 2.05) is 0 Å². The van der Waals surface area contributed by atoms with Gasteiger partial charge in [-0.05, 0) is 12.1 Å². The lowest BCUT2D eigenvalue weighted by Crippen LogP contribution is -1.96. The van der Waals surface area contributed by atoms with Gasteiger partial charge in [0.05, 0.1) is 20.7 Å². The molecule has 7 heteroatoms. The maximum Gasteiger partial charge on any atom is 0.355 e. The molecule has 0 saturated carbocycles. The van der Waals surface area contributed by atoms with E-state index in [1.54, 1.807) is 24.3 Å². The van der Waals surface area contributed by atoms with Gasteiger partial charge >= 0.3 is 11.4 Å². The van der Waals surface area contributed by atoms with E-state index in [0.29, 0.717) is 16.4 Å². The molecule has 0 fully saturated rings. The molecule has 1 aromatic heterocycles. The van der Waals surface area contributed by atoms with Gasteiger partial charge in [0.1, 0.15) is 0 Å². The fourth-order valence-electron chi connectivity index (χ4n) is 2.24. The van der Waals surface area contributed by atoms with Gasteiger partial charge in [0.15, 0.2) is 0 Å². The second-order valence-corrected chi connectivity index (χ2v) is 4.04. The molecule has 94 valence electrons. The molecule has 0 atom stereocenters. The number of nitrogens with one attached hydrogen (secondary N) is 1. The maximum atomic E-state index is 11.2. The SMILES string of the molecule is O=[N+]([O-])c1ccc2[nH]c3ccccc3c2c1[N+](=O)[O-]. The summed E-state index contributed by atoms with van der Waals surface area (Å²) in [6.07, 6.45) is 0. The summed E-state index contributed by atoms with van der Waals surface area (Å²) in [5, 5.41) is 23.0. The van der Waals surface area contributed by atoms with Crippen LogP contribution in [-0.2, 0) is 0 Å². The van der Waals surface area contributed by atoms with Crippen LogP contribution in [0, 0.1) is 20.2 Å². The first kappa shape index (κ1) is 11.1. The number of nitro groups is 2. The molecule has 0 unspecified atom stereocenters. The van der Waals surface area contributed by atoms with Crippen LogP contribution >= 0.6 is 0 Å². The highest BCUT2D eigenvalue weighted by molar-refractivity contribution is 6.13. The Hall–Kier alpha value is -2.96. The summed E-state index contributed by atoms with van der Waals surface area (Å²) in [4.78, 5) is 23.7. The van der Waals surface area contributed by atoms with Gasteiger partial charge in [-0.15, -0.1) is 0 Å². The molecule has 1 N–H and O–H groups in total. The minimum atomic E-state index is -0.737. The molecule has 0 aliphatic heterocycles. The van der Waals surface area contributed by atoms with Gasteiger partial charge in [0, 0.05) is 17.0 Å². The van der Waals surface area contributed by atoms with Gasteiger partial charge in [-0.3, -0.25) is 20.2 Å². The number of hydrogen-bond donors (Lipinski definition) is 1. The van der Waals surface area contributed by atoms with E-state index in [1.165, 1.54) is 6.07 Å². The Morgan fingerprint density at radius 1 is 0.895 bits per heavy atom. The third kappa shape index (κ3) is 1.52. The fourth-order valence-corrected chi connectivity index (χ4v) is 2.24. The number of para-hydroxylation sites is 1. The van der Waals surface area contributed by atoms with Crippen LogP contribution < -0.4 is 0 Å². The van der Waals surface area contributed by atoms with Crippen LogP contribution in [0.5, 0.6) is 0 Å². The fraction of sp³-hybridized carbons (Fsp3) is 0. The molecule has 0 saturated heterocycles. The quantitative estimate of drug-likeness (QED) is 0.562. The van der Waals surface area contributed by atoms with Crippen LogP contribution in [0.2, 0.25) is 0 Å². The second-order valence-electron chi connectivity index (χ2n) is 4.04. The zero-order valence-corrected chi connectivity index (χ0v) is 9.49. The lowest BCUT2D eigenvalue weighted by atomic mass is 10.1. The zero-order valence-electron chi connectivity index (χ0n) is 9.49.